The zero-order chi connectivity index (χ0) is 47.8. The Bertz CT molecular complexity index is 1510. The van der Waals surface area contributed by atoms with E-state index in [0.29, 0.717) is 58.2 Å². The molecule has 18 heteroatoms. The number of nitrogens with one attached hydrogen (secondary N) is 4. The largest absolute Gasteiger partial charge is 0.480 e. The lowest BCUT2D eigenvalue weighted by Crippen LogP contribution is -2.41. The van der Waals surface area contributed by atoms with Gasteiger partial charge in [0.05, 0.1) is 33.0 Å². The zero-order valence-corrected chi connectivity index (χ0v) is 38.5. The van der Waals surface area contributed by atoms with Crippen LogP contribution in [0.1, 0.15) is 134 Å². The number of unbranched alkanes of at least 4 members (excludes halogenated alkanes) is 7. The van der Waals surface area contributed by atoms with Crippen LogP contribution in [0.2, 0.25) is 0 Å². The van der Waals surface area contributed by atoms with E-state index in [1.54, 1.807) is 0 Å². The van der Waals surface area contributed by atoms with Crippen LogP contribution in [-0.2, 0) is 63.7 Å². The van der Waals surface area contributed by atoms with Gasteiger partial charge in [-0.15, -0.1) is 0 Å². The standard InChI is InChI=1S/C47H76N4O14/c1-2-3-13-27-48-44(56)35-65-34-32-63-30-28-49-45(57)36-64-33-31-62-29-15-20-39(53)24-26-40(46(58)59)50-42(54)21-12-7-5-4-6-11-19-38(52)23-25-41(47(60)61)51-43(55)22-14-18-37-16-9-8-10-17-37/h8-10,16-17,40-41H,2-7,11-15,18-36H2,1H3,(H,48,56)(H,49,57)(H,50,54)(H,51,55)(H,58,59)(H,60,61)/t40-,41-/m0/s1. The summed E-state index contributed by atoms with van der Waals surface area (Å²) in [5.41, 5.74) is 1.11. The highest BCUT2D eigenvalue weighted by molar-refractivity contribution is 5.85. The van der Waals surface area contributed by atoms with Gasteiger partial charge in [0.1, 0.15) is 36.9 Å². The van der Waals surface area contributed by atoms with Crippen molar-refractivity contribution in [2.45, 2.75) is 147 Å². The number of rotatable bonds is 44. The third-order valence-corrected chi connectivity index (χ3v) is 10.1. The molecule has 6 N–H and O–H groups in total. The van der Waals surface area contributed by atoms with E-state index in [-0.39, 0.29) is 120 Å². The number of aryl methyl sites for hydroxylation is 1. The molecule has 0 radical (unpaired) electrons. The molecular weight excluding hydrogens is 845 g/mol. The van der Waals surface area contributed by atoms with E-state index in [9.17, 15) is 48.6 Å². The Labute approximate surface area is 384 Å². The van der Waals surface area contributed by atoms with Crippen molar-refractivity contribution in [2.75, 3.05) is 65.9 Å². The van der Waals surface area contributed by atoms with Crippen molar-refractivity contribution in [2.24, 2.45) is 0 Å². The zero-order valence-electron chi connectivity index (χ0n) is 38.5. The molecule has 2 atom stereocenters. The van der Waals surface area contributed by atoms with Crippen molar-refractivity contribution in [1.29, 1.82) is 0 Å². The lowest BCUT2D eigenvalue weighted by Gasteiger charge is -2.14. The molecule has 0 fully saturated rings. The second-order valence-electron chi connectivity index (χ2n) is 15.9. The van der Waals surface area contributed by atoms with Gasteiger partial charge in [-0.2, -0.15) is 0 Å². The van der Waals surface area contributed by atoms with Crippen LogP contribution < -0.4 is 21.3 Å². The molecule has 0 unspecified atom stereocenters. The first kappa shape index (κ1) is 58.2. The molecule has 4 amide bonds. The van der Waals surface area contributed by atoms with E-state index in [1.807, 2.05) is 30.3 Å². The summed E-state index contributed by atoms with van der Waals surface area (Å²) in [6.07, 6.45) is 10.3. The smallest absolute Gasteiger partial charge is 0.326 e. The van der Waals surface area contributed by atoms with Gasteiger partial charge >= 0.3 is 11.9 Å². The quantitative estimate of drug-likeness (QED) is 0.0501. The van der Waals surface area contributed by atoms with E-state index in [1.165, 1.54) is 0 Å². The number of hydrogen-bond donors (Lipinski definition) is 6. The van der Waals surface area contributed by atoms with Gasteiger partial charge in [0, 0.05) is 58.2 Å². The molecule has 1 rings (SSSR count). The van der Waals surface area contributed by atoms with Gasteiger partial charge in [0.2, 0.25) is 23.6 Å². The average Bonchev–Trinajstić information content (AvgIpc) is 3.28. The highest BCUT2D eigenvalue weighted by Crippen LogP contribution is 2.12. The number of ketones is 2. The van der Waals surface area contributed by atoms with Crippen LogP contribution in [-0.4, -0.2) is 135 Å². The Morgan fingerprint density at radius 3 is 1.51 bits per heavy atom. The molecule has 0 bridgehead atoms. The monoisotopic (exact) mass is 921 g/mol. The normalized spacial score (nSPS) is 11.9. The molecule has 18 nitrogen and oxygen atoms in total. The highest BCUT2D eigenvalue weighted by Gasteiger charge is 2.22. The highest BCUT2D eigenvalue weighted by atomic mass is 16.5. The minimum atomic E-state index is -1.21. The first-order chi connectivity index (χ1) is 31.4. The summed E-state index contributed by atoms with van der Waals surface area (Å²) in [5, 5.41) is 29.6. The molecule has 0 aromatic heterocycles. The van der Waals surface area contributed by atoms with Crippen LogP contribution in [0.3, 0.4) is 0 Å². The number of benzene rings is 1. The van der Waals surface area contributed by atoms with E-state index in [0.717, 1.165) is 50.5 Å². The Balaban J connectivity index is 2.01. The molecule has 0 aliphatic heterocycles. The minimum Gasteiger partial charge on any atom is -0.480 e. The molecule has 0 saturated carbocycles. The third-order valence-electron chi connectivity index (χ3n) is 10.1. The molecule has 0 aliphatic carbocycles. The van der Waals surface area contributed by atoms with Gasteiger partial charge in [-0.25, -0.2) is 9.59 Å². The maximum absolute atomic E-state index is 12.4. The molecule has 0 aliphatic rings. The molecule has 0 heterocycles. The fraction of sp³-hybridized carbons (Fsp3) is 0.702. The SMILES string of the molecule is CCCCCNC(=O)COCCOCCNC(=O)COCCOCCCC(=O)CC[C@H](NC(=O)CCCCCCCCC(=O)CC[C@H](NC(=O)CCCc1ccccc1)C(=O)O)C(=O)O. The number of amides is 4. The number of hydrogen-bond acceptors (Lipinski definition) is 12. The minimum absolute atomic E-state index is 0.00104. The second-order valence-corrected chi connectivity index (χ2v) is 15.9. The van der Waals surface area contributed by atoms with Crippen molar-refractivity contribution in [1.82, 2.24) is 21.3 Å². The van der Waals surface area contributed by atoms with Crippen molar-refractivity contribution >= 4 is 47.1 Å². The number of carboxylic acid groups (broad SMARTS) is 2. The molecule has 0 spiro atoms. The number of carbonyl (C=O) groups excluding carboxylic acids is 6. The predicted octanol–water partition coefficient (Wildman–Crippen LogP) is 4.24. The van der Waals surface area contributed by atoms with Crippen LogP contribution in [0, 0.1) is 0 Å². The van der Waals surface area contributed by atoms with Crippen LogP contribution in [0.5, 0.6) is 0 Å². The van der Waals surface area contributed by atoms with Gasteiger partial charge in [0.25, 0.3) is 0 Å². The first-order valence-electron chi connectivity index (χ1n) is 23.4. The van der Waals surface area contributed by atoms with Crippen LogP contribution in [0.4, 0.5) is 0 Å². The van der Waals surface area contributed by atoms with Gasteiger partial charge in [-0.3, -0.25) is 28.8 Å². The summed E-state index contributed by atoms with van der Waals surface area (Å²) in [6.45, 7) is 4.43. The second kappa shape index (κ2) is 39.6. The van der Waals surface area contributed by atoms with Crippen LogP contribution >= 0.6 is 0 Å². The summed E-state index contributed by atoms with van der Waals surface area (Å²) in [5.74, 6) is -3.76. The summed E-state index contributed by atoms with van der Waals surface area (Å²) >= 11 is 0. The predicted molar refractivity (Wildman–Crippen MR) is 242 cm³/mol. The van der Waals surface area contributed by atoms with E-state index >= 15 is 0 Å². The Kier molecular flexibility index (Phi) is 35.5. The molecule has 0 saturated heterocycles. The van der Waals surface area contributed by atoms with Crippen molar-refractivity contribution in [3.63, 3.8) is 0 Å². The summed E-state index contributed by atoms with van der Waals surface area (Å²) in [6, 6.07) is 7.44. The fourth-order valence-electron chi connectivity index (χ4n) is 6.43. The van der Waals surface area contributed by atoms with Gasteiger partial charge < -0.3 is 50.4 Å². The third kappa shape index (κ3) is 35.2. The molecule has 1 aromatic carbocycles. The van der Waals surface area contributed by atoms with Crippen molar-refractivity contribution in [3.8, 4) is 0 Å². The van der Waals surface area contributed by atoms with E-state index in [2.05, 4.69) is 28.2 Å². The first-order valence-corrected chi connectivity index (χ1v) is 23.4. The fourth-order valence-corrected chi connectivity index (χ4v) is 6.43. The van der Waals surface area contributed by atoms with E-state index in [4.69, 9.17) is 18.9 Å². The molecule has 1 aromatic rings. The average molecular weight is 921 g/mol. The number of aliphatic carboxylic acids is 2. The molecular formula is C47H76N4O14. The maximum Gasteiger partial charge on any atom is 0.326 e. The van der Waals surface area contributed by atoms with E-state index < -0.39 is 29.9 Å². The number of ether oxygens (including phenoxy) is 4. The lowest BCUT2D eigenvalue weighted by molar-refractivity contribution is -0.142. The molecule has 65 heavy (non-hydrogen) atoms. The molecule has 368 valence electrons. The number of Topliss-reactive ketones (excluding diaryl/α,β-unsaturated/α-hetero) is 2. The van der Waals surface area contributed by atoms with Crippen LogP contribution in [0.25, 0.3) is 0 Å². The summed E-state index contributed by atoms with van der Waals surface area (Å²) < 4.78 is 21.4. The van der Waals surface area contributed by atoms with Gasteiger partial charge in [-0.1, -0.05) is 75.8 Å². The Morgan fingerprint density at radius 2 is 0.954 bits per heavy atom. The Morgan fingerprint density at radius 1 is 0.477 bits per heavy atom. The van der Waals surface area contributed by atoms with Crippen molar-refractivity contribution < 1.29 is 67.5 Å². The number of carbonyl (C=O) groups is 8. The van der Waals surface area contributed by atoms with Crippen molar-refractivity contribution in [3.05, 3.63) is 35.9 Å². The topological polar surface area (TPSA) is 262 Å². The van der Waals surface area contributed by atoms with Gasteiger partial charge in [0.15, 0.2) is 0 Å². The number of carboxylic acids is 2. The summed E-state index contributed by atoms with van der Waals surface area (Å²) in [7, 11) is 0. The maximum atomic E-state index is 12.4. The van der Waals surface area contributed by atoms with Gasteiger partial charge in [-0.05, 0) is 56.9 Å². The lowest BCUT2D eigenvalue weighted by atomic mass is 10.0. The Hall–Kier alpha value is -4.78. The summed E-state index contributed by atoms with van der Waals surface area (Å²) in [4.78, 5) is 96.2. The van der Waals surface area contributed by atoms with Crippen LogP contribution in [0.15, 0.2) is 30.3 Å².